The molecule has 0 saturated heterocycles. The molecule has 10 nitrogen and oxygen atoms in total. The van der Waals surface area contributed by atoms with Gasteiger partial charge in [0.05, 0.1) is 32.6 Å². The van der Waals surface area contributed by atoms with Crippen molar-refractivity contribution in [2.75, 3.05) is 47.1 Å². The Balaban J connectivity index is 2.18. The maximum absolute atomic E-state index is 12.8. The highest BCUT2D eigenvalue weighted by Crippen LogP contribution is 2.39. The van der Waals surface area contributed by atoms with Gasteiger partial charge in [-0.25, -0.2) is 5.43 Å². The van der Waals surface area contributed by atoms with Gasteiger partial charge in [0.15, 0.2) is 29.6 Å². The zero-order valence-electron chi connectivity index (χ0n) is 21.8. The van der Waals surface area contributed by atoms with Gasteiger partial charge < -0.3 is 28.6 Å². The van der Waals surface area contributed by atoms with Gasteiger partial charge in [-0.1, -0.05) is 0 Å². The van der Waals surface area contributed by atoms with Crippen LogP contribution in [0, 0.1) is 0 Å². The van der Waals surface area contributed by atoms with E-state index in [4.69, 9.17) is 23.7 Å². The summed E-state index contributed by atoms with van der Waals surface area (Å²) < 4.78 is 28.2. The normalized spacial score (nSPS) is 10.6. The number of carbonyl (C=O) groups is 2. The fourth-order valence-electron chi connectivity index (χ4n) is 3.01. The van der Waals surface area contributed by atoms with Crippen molar-refractivity contribution in [1.29, 1.82) is 0 Å². The van der Waals surface area contributed by atoms with Crippen LogP contribution in [0.15, 0.2) is 35.4 Å². The summed E-state index contributed by atoms with van der Waals surface area (Å²) in [6.45, 7) is 8.94. The van der Waals surface area contributed by atoms with Gasteiger partial charge in [-0.2, -0.15) is 5.10 Å². The van der Waals surface area contributed by atoms with Crippen molar-refractivity contribution in [2.45, 2.75) is 27.7 Å². The Morgan fingerprint density at radius 1 is 0.806 bits per heavy atom. The third-order valence-corrected chi connectivity index (χ3v) is 4.67. The molecule has 0 fully saturated rings. The molecule has 0 saturated carbocycles. The summed E-state index contributed by atoms with van der Waals surface area (Å²) >= 11 is 0. The van der Waals surface area contributed by atoms with Crippen LogP contribution < -0.4 is 29.1 Å². The van der Waals surface area contributed by atoms with Crippen molar-refractivity contribution in [3.63, 3.8) is 0 Å². The van der Waals surface area contributed by atoms with E-state index in [0.29, 0.717) is 66.3 Å². The number of ether oxygens (including phenoxy) is 5. The molecule has 0 aliphatic heterocycles. The molecule has 0 radical (unpaired) electrons. The van der Waals surface area contributed by atoms with Gasteiger partial charge in [0, 0.05) is 19.7 Å². The van der Waals surface area contributed by atoms with Crippen molar-refractivity contribution in [3.8, 4) is 28.7 Å². The molecule has 0 bridgehead atoms. The number of hydrazone groups is 1. The standard InChI is InChI=1S/C26H35N3O7/c1-7-32-21-13-18(11-12-20(21)36-17-24(30)29(5)6)16-27-28-26(31)19-14-22(33-8-2)25(35-10-4)23(15-19)34-9-3/h11-16H,7-10,17H2,1-6H3,(H,28,31)/b27-16+. The molecular formula is C26H35N3O7. The second-order valence-corrected chi connectivity index (χ2v) is 7.52. The molecule has 0 heterocycles. The first kappa shape index (κ1) is 28.3. The molecule has 2 amide bonds. The summed E-state index contributed by atoms with van der Waals surface area (Å²) in [4.78, 5) is 26.1. The lowest BCUT2D eigenvalue weighted by Crippen LogP contribution is -2.27. The monoisotopic (exact) mass is 501 g/mol. The van der Waals surface area contributed by atoms with Crippen LogP contribution in [0.4, 0.5) is 0 Å². The van der Waals surface area contributed by atoms with Gasteiger partial charge in [-0.3, -0.25) is 9.59 Å². The van der Waals surface area contributed by atoms with Crippen LogP contribution in [0.5, 0.6) is 28.7 Å². The van der Waals surface area contributed by atoms with E-state index in [1.54, 1.807) is 44.4 Å². The van der Waals surface area contributed by atoms with Crippen LogP contribution in [0.3, 0.4) is 0 Å². The van der Waals surface area contributed by atoms with E-state index in [0.717, 1.165) is 0 Å². The lowest BCUT2D eigenvalue weighted by Gasteiger charge is -2.16. The minimum atomic E-state index is -0.441. The van der Waals surface area contributed by atoms with Gasteiger partial charge in [0.25, 0.3) is 11.8 Å². The van der Waals surface area contributed by atoms with Crippen LogP contribution in [0.1, 0.15) is 43.6 Å². The minimum absolute atomic E-state index is 0.105. The topological polar surface area (TPSA) is 108 Å². The molecular weight excluding hydrogens is 466 g/mol. The van der Waals surface area contributed by atoms with E-state index in [1.807, 2.05) is 27.7 Å². The van der Waals surface area contributed by atoms with Crippen LogP contribution >= 0.6 is 0 Å². The Hall–Kier alpha value is -3.95. The number of hydrogen-bond acceptors (Lipinski definition) is 8. The van der Waals surface area contributed by atoms with E-state index in [-0.39, 0.29) is 12.5 Å². The Labute approximate surface area is 212 Å². The summed E-state index contributed by atoms with van der Waals surface area (Å²) in [7, 11) is 3.32. The second-order valence-electron chi connectivity index (χ2n) is 7.52. The first-order valence-corrected chi connectivity index (χ1v) is 11.8. The largest absolute Gasteiger partial charge is 0.490 e. The number of carbonyl (C=O) groups excluding carboxylic acids is 2. The Bertz CT molecular complexity index is 1030. The van der Waals surface area contributed by atoms with Crippen LogP contribution in [-0.2, 0) is 4.79 Å². The molecule has 0 aromatic heterocycles. The number of rotatable bonds is 14. The number of hydrogen-bond donors (Lipinski definition) is 1. The molecule has 2 aromatic rings. The number of nitrogens with one attached hydrogen (secondary N) is 1. The Kier molecular flexibility index (Phi) is 11.4. The summed E-state index contributed by atoms with van der Waals surface area (Å²) in [6.07, 6.45) is 1.48. The zero-order chi connectivity index (χ0) is 26.5. The second kappa shape index (κ2) is 14.4. The quantitative estimate of drug-likeness (QED) is 0.312. The first-order chi connectivity index (χ1) is 17.3. The molecule has 0 aliphatic carbocycles. The molecule has 0 spiro atoms. The maximum Gasteiger partial charge on any atom is 0.271 e. The van der Waals surface area contributed by atoms with Gasteiger partial charge in [0.1, 0.15) is 0 Å². The zero-order valence-corrected chi connectivity index (χ0v) is 21.8. The van der Waals surface area contributed by atoms with Gasteiger partial charge in [0.2, 0.25) is 5.75 Å². The van der Waals surface area contributed by atoms with Crippen molar-refractivity contribution in [3.05, 3.63) is 41.5 Å². The third-order valence-electron chi connectivity index (χ3n) is 4.67. The Morgan fingerprint density at radius 3 is 1.94 bits per heavy atom. The van der Waals surface area contributed by atoms with Crippen molar-refractivity contribution in [1.82, 2.24) is 10.3 Å². The molecule has 10 heteroatoms. The average molecular weight is 502 g/mol. The summed E-state index contributed by atoms with van der Waals surface area (Å²) in [5.41, 5.74) is 3.49. The van der Waals surface area contributed by atoms with Crippen LogP contribution in [0.2, 0.25) is 0 Å². The maximum atomic E-state index is 12.8. The third kappa shape index (κ3) is 8.07. The van der Waals surface area contributed by atoms with E-state index in [9.17, 15) is 9.59 Å². The number of amides is 2. The molecule has 2 rings (SSSR count). The van der Waals surface area contributed by atoms with Crippen molar-refractivity contribution in [2.24, 2.45) is 5.10 Å². The van der Waals surface area contributed by atoms with E-state index >= 15 is 0 Å². The lowest BCUT2D eigenvalue weighted by atomic mass is 10.1. The highest BCUT2D eigenvalue weighted by molar-refractivity contribution is 5.96. The average Bonchev–Trinajstić information content (AvgIpc) is 2.85. The minimum Gasteiger partial charge on any atom is -0.490 e. The number of nitrogens with zero attached hydrogens (tertiary/aromatic N) is 2. The van der Waals surface area contributed by atoms with E-state index in [1.165, 1.54) is 11.1 Å². The summed E-state index contributed by atoms with van der Waals surface area (Å²) in [6, 6.07) is 8.33. The fraction of sp³-hybridized carbons (Fsp3) is 0.423. The molecule has 0 unspecified atom stereocenters. The number of likely N-dealkylation sites (N-methyl/N-ethyl adjacent to an activating group) is 1. The van der Waals surface area contributed by atoms with Gasteiger partial charge in [-0.05, 0) is 63.6 Å². The smallest absolute Gasteiger partial charge is 0.271 e. The van der Waals surface area contributed by atoms with Gasteiger partial charge >= 0.3 is 0 Å². The highest BCUT2D eigenvalue weighted by Gasteiger charge is 2.18. The fourth-order valence-corrected chi connectivity index (χ4v) is 3.01. The predicted molar refractivity (Wildman–Crippen MR) is 137 cm³/mol. The SMILES string of the molecule is CCOc1cc(/C=N/NC(=O)c2cc(OCC)c(OCC)c(OCC)c2)ccc1OCC(=O)N(C)C. The molecule has 0 aliphatic rings. The summed E-state index contributed by atoms with van der Waals surface area (Å²) in [5, 5.41) is 4.06. The van der Waals surface area contributed by atoms with Crippen LogP contribution in [0.25, 0.3) is 0 Å². The van der Waals surface area contributed by atoms with E-state index in [2.05, 4.69) is 10.5 Å². The summed E-state index contributed by atoms with van der Waals surface area (Å²) in [5.74, 6) is 1.60. The molecule has 0 atom stereocenters. The molecule has 1 N–H and O–H groups in total. The van der Waals surface area contributed by atoms with Crippen LogP contribution in [-0.4, -0.2) is 70.1 Å². The van der Waals surface area contributed by atoms with Crippen molar-refractivity contribution < 1.29 is 33.3 Å². The first-order valence-electron chi connectivity index (χ1n) is 11.8. The number of benzene rings is 2. The highest BCUT2D eigenvalue weighted by atomic mass is 16.5. The van der Waals surface area contributed by atoms with E-state index < -0.39 is 5.91 Å². The molecule has 36 heavy (non-hydrogen) atoms. The molecule has 2 aromatic carbocycles. The Morgan fingerprint density at radius 2 is 1.39 bits per heavy atom. The predicted octanol–water partition coefficient (Wildman–Crippen LogP) is 3.51. The van der Waals surface area contributed by atoms with Crippen molar-refractivity contribution >= 4 is 18.0 Å². The molecule has 196 valence electrons. The lowest BCUT2D eigenvalue weighted by molar-refractivity contribution is -0.130. The van der Waals surface area contributed by atoms with Gasteiger partial charge in [-0.15, -0.1) is 0 Å².